The van der Waals surface area contributed by atoms with E-state index in [1.165, 1.54) is 0 Å². The Kier molecular flexibility index (Phi) is 6.66. The van der Waals surface area contributed by atoms with Crippen LogP contribution >= 0.6 is 28.3 Å². The molecule has 3 unspecified atom stereocenters. The Morgan fingerprint density at radius 2 is 2.08 bits per heavy atom. The molecular formula is C17H23BrClN3O2. The lowest BCUT2D eigenvalue weighted by Gasteiger charge is -2.22. The maximum Gasteiger partial charge on any atom is 0.227 e. The van der Waals surface area contributed by atoms with Crippen molar-refractivity contribution in [3.05, 3.63) is 28.7 Å². The minimum atomic E-state index is -0.284. The number of nitrogens with zero attached hydrogens (tertiary/aromatic N) is 1. The number of hydrogen-bond donors (Lipinski definition) is 2. The number of nitrogens with one attached hydrogen (secondary N) is 1. The van der Waals surface area contributed by atoms with Crippen LogP contribution in [0.15, 0.2) is 28.7 Å². The number of nitrogens with two attached hydrogens (primary N) is 1. The third kappa shape index (κ3) is 3.92. The molecule has 0 bridgehead atoms. The Balaban J connectivity index is 0.00000208. The van der Waals surface area contributed by atoms with Crippen LogP contribution in [0.4, 0.5) is 5.69 Å². The Morgan fingerprint density at radius 1 is 1.33 bits per heavy atom. The van der Waals surface area contributed by atoms with Gasteiger partial charge in [-0.2, -0.15) is 0 Å². The quantitative estimate of drug-likeness (QED) is 0.792. The zero-order valence-electron chi connectivity index (χ0n) is 13.4. The van der Waals surface area contributed by atoms with Gasteiger partial charge in [0.2, 0.25) is 11.8 Å². The predicted octanol–water partition coefficient (Wildman–Crippen LogP) is 2.47. The Hall–Kier alpha value is -1.11. The number of benzene rings is 1. The van der Waals surface area contributed by atoms with Gasteiger partial charge in [-0.25, -0.2) is 0 Å². The second-order valence-corrected chi connectivity index (χ2v) is 7.25. The van der Waals surface area contributed by atoms with Gasteiger partial charge in [0.25, 0.3) is 0 Å². The molecule has 7 heteroatoms. The van der Waals surface area contributed by atoms with E-state index in [-0.39, 0.29) is 42.6 Å². The molecule has 0 radical (unpaired) electrons. The first kappa shape index (κ1) is 19.2. The van der Waals surface area contributed by atoms with Gasteiger partial charge in [-0.05, 0) is 53.4 Å². The Bertz CT molecular complexity index is 613. The number of carbonyl (C=O) groups excluding carboxylic acids is 2. The van der Waals surface area contributed by atoms with Gasteiger partial charge in [0.15, 0.2) is 0 Å². The molecular weight excluding hydrogens is 394 g/mol. The molecule has 1 aromatic rings. The fourth-order valence-electron chi connectivity index (χ4n) is 3.60. The van der Waals surface area contributed by atoms with E-state index in [0.717, 1.165) is 29.4 Å². The van der Waals surface area contributed by atoms with Gasteiger partial charge in [0.05, 0.1) is 11.6 Å². The Labute approximate surface area is 156 Å². The molecule has 2 fully saturated rings. The lowest BCUT2D eigenvalue weighted by atomic mass is 10.0. The summed E-state index contributed by atoms with van der Waals surface area (Å²) >= 11 is 3.47. The molecule has 1 saturated carbocycles. The molecule has 3 rings (SSSR count). The van der Waals surface area contributed by atoms with Crippen LogP contribution in [0.2, 0.25) is 0 Å². The van der Waals surface area contributed by atoms with Gasteiger partial charge in [0, 0.05) is 23.5 Å². The van der Waals surface area contributed by atoms with Crippen molar-refractivity contribution < 1.29 is 9.59 Å². The fraction of sp³-hybridized carbons (Fsp3) is 0.529. The molecule has 132 valence electrons. The molecule has 1 aromatic carbocycles. The highest BCUT2D eigenvalue weighted by Crippen LogP contribution is 2.32. The van der Waals surface area contributed by atoms with Crippen molar-refractivity contribution in [2.45, 2.75) is 31.7 Å². The monoisotopic (exact) mass is 415 g/mol. The molecule has 3 atom stereocenters. The van der Waals surface area contributed by atoms with Gasteiger partial charge in [-0.1, -0.05) is 18.6 Å². The molecule has 2 aliphatic rings. The fourth-order valence-corrected chi connectivity index (χ4v) is 4.10. The van der Waals surface area contributed by atoms with Crippen LogP contribution in [-0.2, 0) is 9.59 Å². The second kappa shape index (κ2) is 8.32. The summed E-state index contributed by atoms with van der Waals surface area (Å²) in [5.74, 6) is 0.0705. The first-order chi connectivity index (χ1) is 11.1. The summed E-state index contributed by atoms with van der Waals surface area (Å²) < 4.78 is 0.869. The first-order valence-electron chi connectivity index (χ1n) is 8.15. The number of hydrogen-bond acceptors (Lipinski definition) is 3. The molecule has 3 N–H and O–H groups in total. The Morgan fingerprint density at radius 3 is 2.79 bits per heavy atom. The topological polar surface area (TPSA) is 75.4 Å². The minimum absolute atomic E-state index is 0. The van der Waals surface area contributed by atoms with E-state index in [4.69, 9.17) is 5.73 Å². The first-order valence-corrected chi connectivity index (χ1v) is 8.94. The predicted molar refractivity (Wildman–Crippen MR) is 100 cm³/mol. The highest BCUT2D eigenvalue weighted by Gasteiger charge is 2.37. The lowest BCUT2D eigenvalue weighted by Crippen LogP contribution is -2.43. The van der Waals surface area contributed by atoms with Crippen LogP contribution in [0.5, 0.6) is 0 Å². The largest absolute Gasteiger partial charge is 0.353 e. The maximum atomic E-state index is 12.5. The van der Waals surface area contributed by atoms with Crippen LogP contribution in [0.3, 0.4) is 0 Å². The lowest BCUT2D eigenvalue weighted by molar-refractivity contribution is -0.127. The van der Waals surface area contributed by atoms with Crippen molar-refractivity contribution in [1.29, 1.82) is 0 Å². The van der Waals surface area contributed by atoms with Gasteiger partial charge < -0.3 is 16.0 Å². The van der Waals surface area contributed by atoms with E-state index in [9.17, 15) is 9.59 Å². The maximum absolute atomic E-state index is 12.5. The zero-order chi connectivity index (χ0) is 16.4. The number of carbonyl (C=O) groups is 2. The summed E-state index contributed by atoms with van der Waals surface area (Å²) in [4.78, 5) is 26.5. The zero-order valence-corrected chi connectivity index (χ0v) is 15.8. The summed E-state index contributed by atoms with van der Waals surface area (Å²) in [6.45, 7) is 1.05. The van der Waals surface area contributed by atoms with E-state index in [2.05, 4.69) is 21.2 Å². The average molecular weight is 417 g/mol. The standard InChI is InChI=1S/C17H22BrN3O2.ClH/c18-13-5-1-2-7-15(13)21-10-12(8-16(21)22)17(23)20-14-6-3-4-11(14)9-19;/h1-2,5,7,11-12,14H,3-4,6,8-10,19H2,(H,20,23);1H. The summed E-state index contributed by atoms with van der Waals surface area (Å²) in [6, 6.07) is 7.76. The van der Waals surface area contributed by atoms with E-state index in [0.29, 0.717) is 19.0 Å². The van der Waals surface area contributed by atoms with Crippen molar-refractivity contribution >= 4 is 45.8 Å². The van der Waals surface area contributed by atoms with E-state index in [1.54, 1.807) is 4.90 Å². The molecule has 5 nitrogen and oxygen atoms in total. The highest BCUT2D eigenvalue weighted by atomic mass is 79.9. The van der Waals surface area contributed by atoms with Crippen molar-refractivity contribution in [3.8, 4) is 0 Å². The van der Waals surface area contributed by atoms with Crippen molar-refractivity contribution in [2.75, 3.05) is 18.0 Å². The number of amides is 2. The number of anilines is 1. The van der Waals surface area contributed by atoms with Gasteiger partial charge in [-0.3, -0.25) is 9.59 Å². The molecule has 1 aliphatic carbocycles. The molecule has 0 spiro atoms. The average Bonchev–Trinajstić information content (AvgIpc) is 3.14. The molecule has 0 aromatic heterocycles. The summed E-state index contributed by atoms with van der Waals surface area (Å²) in [5, 5.41) is 3.12. The van der Waals surface area contributed by atoms with Crippen LogP contribution in [-0.4, -0.2) is 30.9 Å². The number of halogens is 2. The van der Waals surface area contributed by atoms with Crippen LogP contribution in [0.1, 0.15) is 25.7 Å². The van der Waals surface area contributed by atoms with E-state index < -0.39 is 0 Å². The minimum Gasteiger partial charge on any atom is -0.353 e. The molecule has 24 heavy (non-hydrogen) atoms. The molecule has 1 heterocycles. The summed E-state index contributed by atoms with van der Waals surface area (Å²) in [6.07, 6.45) is 3.45. The van der Waals surface area contributed by atoms with Crippen LogP contribution in [0.25, 0.3) is 0 Å². The van der Waals surface area contributed by atoms with Gasteiger partial charge >= 0.3 is 0 Å². The van der Waals surface area contributed by atoms with E-state index in [1.807, 2.05) is 24.3 Å². The van der Waals surface area contributed by atoms with Gasteiger partial charge in [0.1, 0.15) is 0 Å². The third-order valence-corrected chi connectivity index (χ3v) is 5.60. The summed E-state index contributed by atoms with van der Waals surface area (Å²) in [7, 11) is 0. The second-order valence-electron chi connectivity index (χ2n) is 6.40. The molecule has 1 aliphatic heterocycles. The van der Waals surface area contributed by atoms with E-state index >= 15 is 0 Å². The summed E-state index contributed by atoms with van der Waals surface area (Å²) in [5.41, 5.74) is 6.60. The third-order valence-electron chi connectivity index (χ3n) is 4.93. The van der Waals surface area contributed by atoms with Crippen molar-refractivity contribution in [3.63, 3.8) is 0 Å². The van der Waals surface area contributed by atoms with Crippen molar-refractivity contribution in [1.82, 2.24) is 5.32 Å². The van der Waals surface area contributed by atoms with Crippen LogP contribution in [0, 0.1) is 11.8 Å². The smallest absolute Gasteiger partial charge is 0.227 e. The van der Waals surface area contributed by atoms with Gasteiger partial charge in [-0.15, -0.1) is 12.4 Å². The van der Waals surface area contributed by atoms with Crippen LogP contribution < -0.4 is 16.0 Å². The normalized spacial score (nSPS) is 26.3. The SMILES string of the molecule is Cl.NCC1CCCC1NC(=O)C1CC(=O)N(c2ccccc2Br)C1. The number of rotatable bonds is 4. The highest BCUT2D eigenvalue weighted by molar-refractivity contribution is 9.10. The van der Waals surface area contributed by atoms with Crippen molar-refractivity contribution in [2.24, 2.45) is 17.6 Å². The molecule has 1 saturated heterocycles. The molecule has 2 amide bonds. The number of para-hydroxylation sites is 1.